The molecule has 1 heterocycles. The molecule has 0 atom stereocenters. The lowest BCUT2D eigenvalue weighted by Crippen LogP contribution is -2.25. The third-order valence-electron chi connectivity index (χ3n) is 3.15. The Labute approximate surface area is 113 Å². The minimum atomic E-state index is 0.193. The topological polar surface area (TPSA) is 46.9 Å². The van der Waals surface area contributed by atoms with E-state index < -0.39 is 0 Å². The maximum atomic E-state index is 11.9. The number of aromatic nitrogens is 2. The molecule has 19 heavy (non-hydrogen) atoms. The molecule has 4 nitrogen and oxygen atoms in total. The molecule has 0 amide bonds. The summed E-state index contributed by atoms with van der Waals surface area (Å²) in [6, 6.07) is 8.02. The van der Waals surface area contributed by atoms with Crippen molar-refractivity contribution in [2.24, 2.45) is 0 Å². The molecule has 0 radical (unpaired) electrons. The van der Waals surface area contributed by atoms with Gasteiger partial charge in [0.1, 0.15) is 5.82 Å². The van der Waals surface area contributed by atoms with Crippen molar-refractivity contribution in [2.75, 3.05) is 13.1 Å². The van der Waals surface area contributed by atoms with Gasteiger partial charge in [-0.05, 0) is 32.0 Å². The summed E-state index contributed by atoms with van der Waals surface area (Å²) in [5.74, 6) is 1.06. The minimum absolute atomic E-state index is 0.193. The molecule has 2 aromatic rings. The van der Waals surface area contributed by atoms with Crippen LogP contribution in [0.3, 0.4) is 0 Å². The molecule has 1 aromatic heterocycles. The van der Waals surface area contributed by atoms with Gasteiger partial charge in [0.15, 0.2) is 5.78 Å². The highest BCUT2D eigenvalue weighted by Gasteiger charge is 2.12. The summed E-state index contributed by atoms with van der Waals surface area (Å²) in [5.41, 5.74) is 2.07. The van der Waals surface area contributed by atoms with Gasteiger partial charge in [0, 0.05) is 6.54 Å². The van der Waals surface area contributed by atoms with Gasteiger partial charge in [-0.25, -0.2) is 4.98 Å². The van der Waals surface area contributed by atoms with Crippen LogP contribution in [0.4, 0.5) is 0 Å². The molecule has 0 unspecified atom stereocenters. The molecule has 0 fully saturated rings. The van der Waals surface area contributed by atoms with Crippen molar-refractivity contribution in [3.8, 4) is 0 Å². The highest BCUT2D eigenvalue weighted by atomic mass is 16.1. The van der Waals surface area contributed by atoms with Crippen LogP contribution in [-0.2, 0) is 17.8 Å². The number of aryl methyl sites for hydroxylation is 1. The number of hydrogen-bond acceptors (Lipinski definition) is 3. The fourth-order valence-electron chi connectivity index (χ4n) is 2.26. The van der Waals surface area contributed by atoms with E-state index in [0.29, 0.717) is 13.0 Å². The van der Waals surface area contributed by atoms with Gasteiger partial charge in [-0.1, -0.05) is 19.1 Å². The van der Waals surface area contributed by atoms with Crippen LogP contribution in [0.25, 0.3) is 11.0 Å². The quantitative estimate of drug-likeness (QED) is 0.775. The standard InChI is InChI=1S/C15H21N3O/c1-3-9-16-11-12(19)10-15-17-13-7-5-6-8-14(13)18(15)4-2/h5-8,16H,3-4,9-11H2,1-2H3. The number of carbonyl (C=O) groups excluding carboxylic acids is 1. The molecule has 1 aromatic carbocycles. The van der Waals surface area contributed by atoms with Crippen molar-refractivity contribution in [2.45, 2.75) is 33.2 Å². The van der Waals surface area contributed by atoms with Crippen LogP contribution in [-0.4, -0.2) is 28.4 Å². The van der Waals surface area contributed by atoms with Gasteiger partial charge < -0.3 is 9.88 Å². The zero-order valence-electron chi connectivity index (χ0n) is 11.6. The predicted molar refractivity (Wildman–Crippen MR) is 77.3 cm³/mol. The smallest absolute Gasteiger partial charge is 0.154 e. The third-order valence-corrected chi connectivity index (χ3v) is 3.15. The molecule has 0 aliphatic heterocycles. The molecule has 0 aliphatic carbocycles. The van der Waals surface area contributed by atoms with E-state index in [1.54, 1.807) is 0 Å². The number of nitrogens with zero attached hydrogens (tertiary/aromatic N) is 2. The summed E-state index contributed by atoms with van der Waals surface area (Å²) in [4.78, 5) is 16.5. The average molecular weight is 259 g/mol. The average Bonchev–Trinajstić information content (AvgIpc) is 2.76. The summed E-state index contributed by atoms with van der Waals surface area (Å²) in [7, 11) is 0. The number of Topliss-reactive ketones (excluding diaryl/α,β-unsaturated/α-hetero) is 1. The Morgan fingerprint density at radius 2 is 2.11 bits per heavy atom. The second-order valence-corrected chi connectivity index (χ2v) is 4.65. The van der Waals surface area contributed by atoms with Crippen molar-refractivity contribution < 1.29 is 4.79 Å². The van der Waals surface area contributed by atoms with Gasteiger partial charge in [0.05, 0.1) is 24.0 Å². The second kappa shape index (κ2) is 6.48. The van der Waals surface area contributed by atoms with E-state index in [0.717, 1.165) is 36.4 Å². The van der Waals surface area contributed by atoms with E-state index >= 15 is 0 Å². The van der Waals surface area contributed by atoms with Crippen LogP contribution in [0.15, 0.2) is 24.3 Å². The van der Waals surface area contributed by atoms with Crippen molar-refractivity contribution in [1.29, 1.82) is 0 Å². The number of benzene rings is 1. The van der Waals surface area contributed by atoms with E-state index in [2.05, 4.69) is 34.8 Å². The Morgan fingerprint density at radius 3 is 2.84 bits per heavy atom. The minimum Gasteiger partial charge on any atom is -0.328 e. The molecule has 0 bridgehead atoms. The second-order valence-electron chi connectivity index (χ2n) is 4.65. The Kier molecular flexibility index (Phi) is 4.68. The molecule has 0 spiro atoms. The van der Waals surface area contributed by atoms with Crippen LogP contribution < -0.4 is 5.32 Å². The maximum absolute atomic E-state index is 11.9. The van der Waals surface area contributed by atoms with E-state index in [1.165, 1.54) is 0 Å². The number of ketones is 1. The summed E-state index contributed by atoms with van der Waals surface area (Å²) < 4.78 is 2.12. The van der Waals surface area contributed by atoms with Crippen LogP contribution in [0.5, 0.6) is 0 Å². The molecule has 4 heteroatoms. The van der Waals surface area contributed by atoms with Crippen molar-refractivity contribution in [1.82, 2.24) is 14.9 Å². The highest BCUT2D eigenvalue weighted by molar-refractivity contribution is 5.84. The van der Waals surface area contributed by atoms with E-state index in [1.807, 2.05) is 18.2 Å². The van der Waals surface area contributed by atoms with Crippen molar-refractivity contribution >= 4 is 16.8 Å². The lowest BCUT2D eigenvalue weighted by Gasteiger charge is -2.06. The Morgan fingerprint density at radius 1 is 1.32 bits per heavy atom. The van der Waals surface area contributed by atoms with Crippen LogP contribution in [0, 0.1) is 0 Å². The summed E-state index contributed by atoms with van der Waals surface area (Å²) in [6.07, 6.45) is 1.44. The fourth-order valence-corrected chi connectivity index (χ4v) is 2.26. The Bertz CT molecular complexity index is 560. The van der Waals surface area contributed by atoms with Gasteiger partial charge in [0.25, 0.3) is 0 Å². The molecular weight excluding hydrogens is 238 g/mol. The highest BCUT2D eigenvalue weighted by Crippen LogP contribution is 2.16. The first-order chi connectivity index (χ1) is 9.26. The first-order valence-corrected chi connectivity index (χ1v) is 6.92. The summed E-state index contributed by atoms with van der Waals surface area (Å²) in [6.45, 7) is 6.33. The lowest BCUT2D eigenvalue weighted by molar-refractivity contribution is -0.117. The number of carbonyl (C=O) groups is 1. The predicted octanol–water partition coefficient (Wildman–Crippen LogP) is 2.17. The number of rotatable bonds is 7. The van der Waals surface area contributed by atoms with Gasteiger partial charge in [-0.3, -0.25) is 4.79 Å². The molecule has 2 rings (SSSR count). The van der Waals surface area contributed by atoms with Crippen LogP contribution in [0.2, 0.25) is 0 Å². The zero-order chi connectivity index (χ0) is 13.7. The van der Waals surface area contributed by atoms with Crippen LogP contribution >= 0.6 is 0 Å². The zero-order valence-corrected chi connectivity index (χ0v) is 11.6. The molecule has 0 saturated heterocycles. The van der Waals surface area contributed by atoms with Gasteiger partial charge in [-0.15, -0.1) is 0 Å². The summed E-state index contributed by atoms with van der Waals surface area (Å²) >= 11 is 0. The molecule has 0 saturated carbocycles. The number of fused-ring (bicyclic) bond motifs is 1. The van der Waals surface area contributed by atoms with Gasteiger partial charge in [0.2, 0.25) is 0 Å². The maximum Gasteiger partial charge on any atom is 0.154 e. The monoisotopic (exact) mass is 259 g/mol. The number of imidazole rings is 1. The fraction of sp³-hybridized carbons (Fsp3) is 0.467. The number of nitrogens with one attached hydrogen (secondary N) is 1. The first-order valence-electron chi connectivity index (χ1n) is 6.92. The van der Waals surface area contributed by atoms with E-state index in [9.17, 15) is 4.79 Å². The largest absolute Gasteiger partial charge is 0.328 e. The third kappa shape index (κ3) is 3.20. The SMILES string of the molecule is CCCNCC(=O)Cc1nc2ccccc2n1CC. The van der Waals surface area contributed by atoms with Gasteiger partial charge >= 0.3 is 0 Å². The normalized spacial score (nSPS) is 11.1. The van der Waals surface area contributed by atoms with Crippen molar-refractivity contribution in [3.05, 3.63) is 30.1 Å². The Hall–Kier alpha value is -1.68. The van der Waals surface area contributed by atoms with Gasteiger partial charge in [-0.2, -0.15) is 0 Å². The number of hydrogen-bond donors (Lipinski definition) is 1. The van der Waals surface area contributed by atoms with E-state index in [-0.39, 0.29) is 5.78 Å². The molecular formula is C15H21N3O. The van der Waals surface area contributed by atoms with E-state index in [4.69, 9.17) is 0 Å². The van der Waals surface area contributed by atoms with Crippen LogP contribution in [0.1, 0.15) is 26.1 Å². The first kappa shape index (κ1) is 13.7. The summed E-state index contributed by atoms with van der Waals surface area (Å²) in [5, 5.41) is 3.14. The molecule has 102 valence electrons. The number of para-hydroxylation sites is 2. The molecule has 1 N–H and O–H groups in total. The Balaban J connectivity index is 2.13. The van der Waals surface area contributed by atoms with Crippen molar-refractivity contribution in [3.63, 3.8) is 0 Å². The lowest BCUT2D eigenvalue weighted by atomic mass is 10.2. The molecule has 0 aliphatic rings.